The van der Waals surface area contributed by atoms with Crippen molar-refractivity contribution in [2.45, 2.75) is 1.43 Å². The number of fused-ring (bicyclic) bond motifs is 3. The van der Waals surface area contributed by atoms with Crippen molar-refractivity contribution in [3.05, 3.63) is 48.0 Å². The Morgan fingerprint density at radius 3 is 2.80 bits per heavy atom. The number of pyridine rings is 2. The van der Waals surface area contributed by atoms with Gasteiger partial charge in [0, 0.05) is 29.7 Å². The maximum absolute atomic E-state index is 4.48. The predicted octanol–water partition coefficient (Wildman–Crippen LogP) is 3.53. The van der Waals surface area contributed by atoms with Crippen LogP contribution >= 0.6 is 45.2 Å². The molecule has 0 atom stereocenters. The topological polar surface area (TPSA) is 25.8 Å². The summed E-state index contributed by atoms with van der Waals surface area (Å²) in [5.74, 6) is 0. The van der Waals surface area contributed by atoms with Crippen molar-refractivity contribution in [2.75, 3.05) is 0 Å². The van der Waals surface area contributed by atoms with Gasteiger partial charge >= 0.3 is 0 Å². The van der Waals surface area contributed by atoms with Crippen molar-refractivity contribution in [2.24, 2.45) is 0 Å². The van der Waals surface area contributed by atoms with Gasteiger partial charge in [0.2, 0.25) is 0 Å². The minimum absolute atomic E-state index is 0.0512. The van der Waals surface area contributed by atoms with Crippen LogP contribution in [0.15, 0.2) is 36.8 Å². The van der Waals surface area contributed by atoms with E-state index < -0.39 is 0 Å². The van der Waals surface area contributed by atoms with E-state index in [4.69, 9.17) is 0 Å². The minimum atomic E-state index is -0.0512. The number of rotatable bonds is 0. The number of nitrogens with zero attached hydrogens (tertiary/aromatic N) is 2. The molecule has 4 heteroatoms. The first-order valence-electron chi connectivity index (χ1n) is 4.49. The van der Waals surface area contributed by atoms with Crippen molar-refractivity contribution in [1.82, 2.24) is 9.97 Å². The molecule has 2 aromatic heterocycles. The molecule has 0 saturated carbocycles. The van der Waals surface area contributed by atoms with E-state index in [2.05, 4.69) is 67.3 Å². The van der Waals surface area contributed by atoms with E-state index in [1.165, 1.54) is 16.7 Å². The number of hydrogen-bond acceptors (Lipinski definition) is 2. The number of aromatic nitrogens is 2. The second-order valence-corrected chi connectivity index (χ2v) is 8.70. The molecule has 2 heterocycles. The summed E-state index contributed by atoms with van der Waals surface area (Å²) in [6.07, 6.45) is 5.62. The van der Waals surface area contributed by atoms with Gasteiger partial charge in [-0.2, -0.15) is 0 Å². The third kappa shape index (κ3) is 1.33. The largest absolute Gasteiger partial charge is 0.264 e. The molecule has 74 valence electrons. The van der Waals surface area contributed by atoms with Crippen molar-refractivity contribution >= 4 is 45.2 Å². The predicted molar refractivity (Wildman–Crippen MR) is 76.3 cm³/mol. The molecule has 0 aliphatic heterocycles. The summed E-state index contributed by atoms with van der Waals surface area (Å²) in [5, 5.41) is 0. The molecule has 0 fully saturated rings. The van der Waals surface area contributed by atoms with Crippen LogP contribution in [0.5, 0.6) is 0 Å². The highest BCUT2D eigenvalue weighted by Gasteiger charge is 2.40. The van der Waals surface area contributed by atoms with Crippen LogP contribution in [0.1, 0.15) is 11.3 Å². The lowest BCUT2D eigenvalue weighted by atomic mass is 10.1. The Morgan fingerprint density at radius 1 is 1.07 bits per heavy atom. The van der Waals surface area contributed by atoms with Gasteiger partial charge in [-0.1, -0.05) is 51.2 Å². The molecule has 1 aliphatic carbocycles. The van der Waals surface area contributed by atoms with Crippen molar-refractivity contribution in [3.8, 4) is 11.1 Å². The molecule has 3 rings (SSSR count). The van der Waals surface area contributed by atoms with Crippen LogP contribution in [0.25, 0.3) is 11.1 Å². The third-order valence-electron chi connectivity index (χ3n) is 2.55. The molecule has 0 saturated heterocycles. The van der Waals surface area contributed by atoms with Gasteiger partial charge in [0.25, 0.3) is 0 Å². The molecular formula is C11H6I2N2. The van der Waals surface area contributed by atoms with Gasteiger partial charge in [-0.3, -0.25) is 9.97 Å². The first-order chi connectivity index (χ1) is 7.21. The third-order valence-corrected chi connectivity index (χ3v) is 4.74. The first-order valence-corrected chi connectivity index (χ1v) is 6.65. The van der Waals surface area contributed by atoms with E-state index in [0.29, 0.717) is 0 Å². The van der Waals surface area contributed by atoms with Crippen molar-refractivity contribution in [3.63, 3.8) is 0 Å². The Hall–Kier alpha value is -0.240. The van der Waals surface area contributed by atoms with Crippen LogP contribution < -0.4 is 0 Å². The molecule has 0 spiro atoms. The number of halogens is 2. The SMILES string of the molecule is IC1(I)c2ccncc2-c2cccnc21. The van der Waals surface area contributed by atoms with Gasteiger partial charge in [0.05, 0.1) is 5.69 Å². The Labute approximate surface area is 115 Å². The highest BCUT2D eigenvalue weighted by atomic mass is 127. The number of hydrogen-bond donors (Lipinski definition) is 0. The summed E-state index contributed by atoms with van der Waals surface area (Å²) in [6, 6.07) is 6.17. The molecule has 1 aliphatic rings. The van der Waals surface area contributed by atoms with Crippen molar-refractivity contribution in [1.29, 1.82) is 0 Å². The molecular weight excluding hydrogens is 414 g/mol. The van der Waals surface area contributed by atoms with E-state index in [9.17, 15) is 0 Å². The molecule has 0 N–H and O–H groups in total. The lowest BCUT2D eigenvalue weighted by Gasteiger charge is -2.14. The van der Waals surface area contributed by atoms with Crippen LogP contribution in [0, 0.1) is 0 Å². The zero-order valence-corrected chi connectivity index (χ0v) is 11.9. The fourth-order valence-corrected chi connectivity index (χ4v) is 3.68. The highest BCUT2D eigenvalue weighted by Crippen LogP contribution is 2.55. The molecule has 2 nitrogen and oxygen atoms in total. The highest BCUT2D eigenvalue weighted by molar-refractivity contribution is 14.2. The van der Waals surface area contributed by atoms with E-state index in [1.54, 1.807) is 0 Å². The van der Waals surface area contributed by atoms with Gasteiger partial charge in [0.15, 0.2) is 0 Å². The fraction of sp³-hybridized carbons (Fsp3) is 0.0909. The monoisotopic (exact) mass is 420 g/mol. The second kappa shape index (κ2) is 3.38. The van der Waals surface area contributed by atoms with E-state index in [-0.39, 0.29) is 1.43 Å². The van der Waals surface area contributed by atoms with E-state index in [1.807, 2.05) is 24.7 Å². The molecule has 0 bridgehead atoms. The average molecular weight is 420 g/mol. The van der Waals surface area contributed by atoms with Gasteiger partial charge in [0.1, 0.15) is 1.43 Å². The molecule has 15 heavy (non-hydrogen) atoms. The molecule has 0 radical (unpaired) electrons. The molecule has 0 amide bonds. The Morgan fingerprint density at radius 2 is 1.93 bits per heavy atom. The van der Waals surface area contributed by atoms with Crippen LogP contribution in [-0.2, 0) is 1.43 Å². The first kappa shape index (κ1) is 9.95. The smallest absolute Gasteiger partial charge is 0.141 e. The lowest BCUT2D eigenvalue weighted by Crippen LogP contribution is -2.07. The van der Waals surface area contributed by atoms with Gasteiger partial charge in [-0.15, -0.1) is 0 Å². The van der Waals surface area contributed by atoms with E-state index >= 15 is 0 Å². The minimum Gasteiger partial charge on any atom is -0.264 e. The maximum atomic E-state index is 4.48. The van der Waals surface area contributed by atoms with E-state index in [0.717, 1.165) is 5.69 Å². The summed E-state index contributed by atoms with van der Waals surface area (Å²) >= 11 is 4.89. The second-order valence-electron chi connectivity index (χ2n) is 3.40. The van der Waals surface area contributed by atoms with Crippen LogP contribution in [0.3, 0.4) is 0 Å². The molecule has 0 aromatic carbocycles. The fourth-order valence-electron chi connectivity index (χ4n) is 1.88. The van der Waals surface area contributed by atoms with Crippen LogP contribution in [0.4, 0.5) is 0 Å². The number of alkyl halides is 2. The molecule has 2 aromatic rings. The summed E-state index contributed by atoms with van der Waals surface area (Å²) < 4.78 is -0.0512. The average Bonchev–Trinajstić information content (AvgIpc) is 2.51. The van der Waals surface area contributed by atoms with Gasteiger partial charge in [-0.05, 0) is 17.7 Å². The Balaban J connectivity index is 2.42. The van der Waals surface area contributed by atoms with Crippen LogP contribution in [0.2, 0.25) is 0 Å². The summed E-state index contributed by atoms with van der Waals surface area (Å²) in [7, 11) is 0. The van der Waals surface area contributed by atoms with Crippen LogP contribution in [-0.4, -0.2) is 9.97 Å². The van der Waals surface area contributed by atoms with Crippen molar-refractivity contribution < 1.29 is 0 Å². The zero-order chi connectivity index (χ0) is 10.5. The lowest BCUT2D eigenvalue weighted by molar-refractivity contribution is 1.10. The summed E-state index contributed by atoms with van der Waals surface area (Å²) in [6.45, 7) is 0. The quantitative estimate of drug-likeness (QED) is 0.482. The van der Waals surface area contributed by atoms with Gasteiger partial charge in [-0.25, -0.2) is 0 Å². The standard InChI is InChI=1S/C11H6I2N2/c12-11(13)9-3-5-14-6-8(9)7-2-1-4-15-10(7)11/h1-6H. The summed E-state index contributed by atoms with van der Waals surface area (Å²) in [5.41, 5.74) is 4.86. The normalized spacial score (nSPS) is 15.9. The Kier molecular flexibility index (Phi) is 2.24. The Bertz CT molecular complexity index is 490. The molecule has 0 unspecified atom stereocenters. The van der Waals surface area contributed by atoms with Gasteiger partial charge < -0.3 is 0 Å². The zero-order valence-electron chi connectivity index (χ0n) is 7.61. The maximum Gasteiger partial charge on any atom is 0.141 e. The summed E-state index contributed by atoms with van der Waals surface area (Å²) in [4.78, 5) is 8.67.